The molecular formula is C15H23ClN2. The molecule has 2 atom stereocenters. The van der Waals surface area contributed by atoms with Crippen molar-refractivity contribution in [1.82, 2.24) is 4.90 Å². The number of rotatable bonds is 4. The first-order chi connectivity index (χ1) is 8.70. The number of nitrogens with two attached hydrogens (primary N) is 1. The van der Waals surface area contributed by atoms with Crippen molar-refractivity contribution < 1.29 is 0 Å². The summed E-state index contributed by atoms with van der Waals surface area (Å²) in [5, 5.41) is 0.805. The van der Waals surface area contributed by atoms with Crippen LogP contribution in [-0.2, 0) is 6.54 Å². The Kier molecular flexibility index (Phi) is 5.04. The summed E-state index contributed by atoms with van der Waals surface area (Å²) in [5.41, 5.74) is 7.22. The molecule has 2 rings (SSSR count). The molecule has 0 heterocycles. The maximum atomic E-state index is 5.91. The van der Waals surface area contributed by atoms with E-state index in [1.54, 1.807) is 0 Å². The molecule has 2 nitrogen and oxygen atoms in total. The molecule has 100 valence electrons. The maximum absolute atomic E-state index is 5.91. The second-order valence-electron chi connectivity index (χ2n) is 5.39. The van der Waals surface area contributed by atoms with Gasteiger partial charge in [0, 0.05) is 17.6 Å². The highest BCUT2D eigenvalue weighted by atomic mass is 35.5. The third kappa shape index (κ3) is 3.47. The molecule has 1 aliphatic rings. The second kappa shape index (κ2) is 6.55. The molecule has 3 heteroatoms. The smallest absolute Gasteiger partial charge is 0.0406 e. The summed E-state index contributed by atoms with van der Waals surface area (Å²) in [4.78, 5) is 2.46. The minimum atomic E-state index is 0.638. The van der Waals surface area contributed by atoms with E-state index in [4.69, 9.17) is 17.3 Å². The highest BCUT2D eigenvalue weighted by Gasteiger charge is 2.27. The Hall–Kier alpha value is -0.570. The molecule has 2 N–H and O–H groups in total. The normalized spacial score (nSPS) is 24.4. The molecule has 0 aliphatic heterocycles. The predicted molar refractivity (Wildman–Crippen MR) is 77.7 cm³/mol. The van der Waals surface area contributed by atoms with Gasteiger partial charge in [-0.2, -0.15) is 0 Å². The van der Waals surface area contributed by atoms with E-state index < -0.39 is 0 Å². The van der Waals surface area contributed by atoms with Crippen molar-refractivity contribution >= 4 is 11.6 Å². The van der Waals surface area contributed by atoms with E-state index in [0.717, 1.165) is 18.1 Å². The fraction of sp³-hybridized carbons (Fsp3) is 0.600. The van der Waals surface area contributed by atoms with E-state index in [1.165, 1.54) is 31.2 Å². The van der Waals surface area contributed by atoms with Gasteiger partial charge < -0.3 is 5.73 Å². The zero-order valence-electron chi connectivity index (χ0n) is 11.1. The highest BCUT2D eigenvalue weighted by molar-refractivity contribution is 6.30. The van der Waals surface area contributed by atoms with Gasteiger partial charge in [-0.3, -0.25) is 4.90 Å². The van der Waals surface area contributed by atoms with Crippen molar-refractivity contribution in [2.45, 2.75) is 38.3 Å². The number of nitrogens with zero attached hydrogens (tertiary/aromatic N) is 1. The summed E-state index contributed by atoms with van der Waals surface area (Å²) in [6, 6.07) is 8.79. The lowest BCUT2D eigenvalue weighted by Gasteiger charge is -2.37. The number of hydrogen-bond donors (Lipinski definition) is 1. The van der Waals surface area contributed by atoms with Crippen LogP contribution in [-0.4, -0.2) is 24.5 Å². The zero-order valence-corrected chi connectivity index (χ0v) is 11.9. The molecule has 0 radical (unpaired) electrons. The van der Waals surface area contributed by atoms with Crippen LogP contribution in [0.5, 0.6) is 0 Å². The molecule has 1 aromatic carbocycles. The van der Waals surface area contributed by atoms with E-state index in [-0.39, 0.29) is 0 Å². The molecule has 0 aromatic heterocycles. The Morgan fingerprint density at radius 3 is 2.56 bits per heavy atom. The Bertz CT molecular complexity index is 363. The predicted octanol–water partition coefficient (Wildman–Crippen LogP) is 3.29. The van der Waals surface area contributed by atoms with Crippen LogP contribution < -0.4 is 5.73 Å². The van der Waals surface area contributed by atoms with Crippen molar-refractivity contribution in [2.75, 3.05) is 13.6 Å². The molecule has 1 aromatic rings. The molecule has 0 spiro atoms. The number of hydrogen-bond acceptors (Lipinski definition) is 2. The van der Waals surface area contributed by atoms with Gasteiger partial charge in [-0.25, -0.2) is 0 Å². The molecule has 1 saturated carbocycles. The monoisotopic (exact) mass is 266 g/mol. The average Bonchev–Trinajstić information content (AvgIpc) is 2.41. The quantitative estimate of drug-likeness (QED) is 0.906. The first-order valence-corrected chi connectivity index (χ1v) is 7.23. The van der Waals surface area contributed by atoms with Crippen LogP contribution in [0, 0.1) is 5.92 Å². The molecule has 0 bridgehead atoms. The van der Waals surface area contributed by atoms with Crippen LogP contribution in [0.25, 0.3) is 0 Å². The summed E-state index contributed by atoms with van der Waals surface area (Å²) >= 11 is 5.91. The zero-order chi connectivity index (χ0) is 13.0. The van der Waals surface area contributed by atoms with Crippen molar-refractivity contribution in [3.8, 4) is 0 Å². The molecule has 0 saturated heterocycles. The van der Waals surface area contributed by atoms with Crippen LogP contribution in [0.15, 0.2) is 24.3 Å². The van der Waals surface area contributed by atoms with Crippen LogP contribution in [0.3, 0.4) is 0 Å². The van der Waals surface area contributed by atoms with Gasteiger partial charge in [0.25, 0.3) is 0 Å². The lowest BCUT2D eigenvalue weighted by atomic mass is 9.83. The van der Waals surface area contributed by atoms with Gasteiger partial charge in [-0.15, -0.1) is 0 Å². The van der Waals surface area contributed by atoms with Gasteiger partial charge >= 0.3 is 0 Å². The Morgan fingerprint density at radius 1 is 1.22 bits per heavy atom. The topological polar surface area (TPSA) is 29.3 Å². The van der Waals surface area contributed by atoms with Crippen LogP contribution in [0.4, 0.5) is 0 Å². The van der Waals surface area contributed by atoms with Gasteiger partial charge in [-0.1, -0.05) is 36.6 Å². The molecule has 0 amide bonds. The van der Waals surface area contributed by atoms with E-state index >= 15 is 0 Å². The largest absolute Gasteiger partial charge is 0.330 e. The minimum Gasteiger partial charge on any atom is -0.330 e. The summed E-state index contributed by atoms with van der Waals surface area (Å²) in [7, 11) is 2.22. The first kappa shape index (κ1) is 13.9. The summed E-state index contributed by atoms with van der Waals surface area (Å²) in [6.07, 6.45) is 5.25. The van der Waals surface area contributed by atoms with Crippen LogP contribution in [0.1, 0.15) is 31.2 Å². The van der Waals surface area contributed by atoms with Gasteiger partial charge in [0.1, 0.15) is 0 Å². The summed E-state index contributed by atoms with van der Waals surface area (Å²) < 4.78 is 0. The molecular weight excluding hydrogens is 244 g/mol. The lowest BCUT2D eigenvalue weighted by molar-refractivity contribution is 0.127. The summed E-state index contributed by atoms with van der Waals surface area (Å²) in [5.74, 6) is 0.663. The van der Waals surface area contributed by atoms with Gasteiger partial charge in [0.05, 0.1) is 0 Å². The summed E-state index contributed by atoms with van der Waals surface area (Å²) in [6.45, 7) is 1.80. The van der Waals surface area contributed by atoms with Gasteiger partial charge in [0.15, 0.2) is 0 Å². The minimum absolute atomic E-state index is 0.638. The number of benzene rings is 1. The fourth-order valence-corrected chi connectivity index (χ4v) is 3.16. The fourth-order valence-electron chi connectivity index (χ4n) is 3.04. The Labute approximate surface area is 115 Å². The van der Waals surface area contributed by atoms with Crippen molar-refractivity contribution in [1.29, 1.82) is 0 Å². The second-order valence-corrected chi connectivity index (χ2v) is 5.83. The Morgan fingerprint density at radius 2 is 1.89 bits per heavy atom. The maximum Gasteiger partial charge on any atom is 0.0406 e. The van der Waals surface area contributed by atoms with Crippen LogP contribution >= 0.6 is 11.6 Å². The van der Waals surface area contributed by atoms with E-state index in [2.05, 4.69) is 24.1 Å². The molecule has 18 heavy (non-hydrogen) atoms. The van der Waals surface area contributed by atoms with Crippen LogP contribution in [0.2, 0.25) is 5.02 Å². The first-order valence-electron chi connectivity index (χ1n) is 6.85. The van der Waals surface area contributed by atoms with E-state index in [9.17, 15) is 0 Å². The number of halogens is 1. The average molecular weight is 267 g/mol. The van der Waals surface area contributed by atoms with Crippen molar-refractivity contribution in [3.63, 3.8) is 0 Å². The third-order valence-electron chi connectivity index (χ3n) is 4.08. The standard InChI is InChI=1S/C15H23ClN2/c1-18(11-12-6-8-14(16)9-7-12)15-5-3-2-4-13(15)10-17/h6-9,13,15H,2-5,10-11,17H2,1H3. The SMILES string of the molecule is CN(Cc1ccc(Cl)cc1)C1CCCCC1CN. The molecule has 1 fully saturated rings. The third-order valence-corrected chi connectivity index (χ3v) is 4.34. The molecule has 1 aliphatic carbocycles. The van der Waals surface area contributed by atoms with E-state index in [0.29, 0.717) is 12.0 Å². The van der Waals surface area contributed by atoms with Gasteiger partial charge in [0.2, 0.25) is 0 Å². The van der Waals surface area contributed by atoms with Crippen molar-refractivity contribution in [2.24, 2.45) is 11.7 Å². The Balaban J connectivity index is 1.97. The lowest BCUT2D eigenvalue weighted by Crippen LogP contribution is -2.42. The van der Waals surface area contributed by atoms with Gasteiger partial charge in [-0.05, 0) is 50.0 Å². The highest BCUT2D eigenvalue weighted by Crippen LogP contribution is 2.28. The van der Waals surface area contributed by atoms with E-state index in [1.807, 2.05) is 12.1 Å². The van der Waals surface area contributed by atoms with Crippen molar-refractivity contribution in [3.05, 3.63) is 34.9 Å². The molecule has 2 unspecified atom stereocenters.